The van der Waals surface area contributed by atoms with Gasteiger partial charge in [0.1, 0.15) is 11.2 Å². The number of carbonyl (C=O) groups excluding carboxylic acids is 2. The van der Waals surface area contributed by atoms with Gasteiger partial charge in [0.15, 0.2) is 0 Å². The van der Waals surface area contributed by atoms with Crippen LogP contribution in [-0.4, -0.2) is 23.1 Å². The van der Waals surface area contributed by atoms with Gasteiger partial charge in [0, 0.05) is 0 Å². The summed E-state index contributed by atoms with van der Waals surface area (Å²) in [5.41, 5.74) is -2.50. The summed E-state index contributed by atoms with van der Waals surface area (Å²) in [5.74, 6) is -0.406. The SMILES string of the molecule is CC(C)(C)OC(=O)C12CC3(C)CC1(C(=O)OC(C)(C)C)CC3(C)C2. The van der Waals surface area contributed by atoms with Crippen LogP contribution in [0.1, 0.15) is 81.1 Å². The van der Waals surface area contributed by atoms with Gasteiger partial charge in [0.2, 0.25) is 0 Å². The molecule has 4 fully saturated rings. The summed E-state index contributed by atoms with van der Waals surface area (Å²) in [6, 6.07) is 0. The fraction of sp³-hybridized carbons (Fsp3) is 0.900. The topological polar surface area (TPSA) is 52.6 Å². The molecule has 0 aromatic heterocycles. The van der Waals surface area contributed by atoms with Gasteiger partial charge in [-0.25, -0.2) is 0 Å². The molecule has 0 N–H and O–H groups in total. The minimum atomic E-state index is -0.716. The van der Waals surface area contributed by atoms with Gasteiger partial charge in [0.05, 0.1) is 10.8 Å². The molecular weight excluding hydrogens is 304 g/mol. The Labute approximate surface area is 145 Å². The molecule has 0 aromatic rings. The molecule has 4 nitrogen and oxygen atoms in total. The summed E-state index contributed by atoms with van der Waals surface area (Å²) in [6.45, 7) is 15.8. The third-order valence-electron chi connectivity index (χ3n) is 6.72. The maximum absolute atomic E-state index is 13.2. The van der Waals surface area contributed by atoms with E-state index in [4.69, 9.17) is 9.47 Å². The Morgan fingerprint density at radius 3 is 1.12 bits per heavy atom. The molecule has 4 saturated carbocycles. The fourth-order valence-electron chi connectivity index (χ4n) is 5.88. The molecule has 0 saturated heterocycles. The summed E-state index contributed by atoms with van der Waals surface area (Å²) < 4.78 is 11.6. The van der Waals surface area contributed by atoms with E-state index in [-0.39, 0.29) is 22.8 Å². The predicted octanol–water partition coefficient (Wildman–Crippen LogP) is 4.26. The molecule has 24 heavy (non-hydrogen) atoms. The van der Waals surface area contributed by atoms with E-state index in [9.17, 15) is 9.59 Å². The molecule has 4 aliphatic rings. The molecule has 4 rings (SSSR count). The molecule has 0 radical (unpaired) electrons. The maximum Gasteiger partial charge on any atom is 0.313 e. The van der Waals surface area contributed by atoms with Crippen molar-refractivity contribution >= 4 is 11.9 Å². The number of rotatable bonds is 2. The zero-order chi connectivity index (χ0) is 18.4. The quantitative estimate of drug-likeness (QED) is 0.707. The first-order valence-corrected chi connectivity index (χ1v) is 9.05. The predicted molar refractivity (Wildman–Crippen MR) is 91.2 cm³/mol. The van der Waals surface area contributed by atoms with Crippen molar-refractivity contribution in [3.05, 3.63) is 0 Å². The van der Waals surface area contributed by atoms with Gasteiger partial charge in [-0.3, -0.25) is 9.59 Å². The highest BCUT2D eigenvalue weighted by Gasteiger charge is 2.86. The lowest BCUT2D eigenvalue weighted by Crippen LogP contribution is -2.49. The van der Waals surface area contributed by atoms with Crippen molar-refractivity contribution in [2.75, 3.05) is 0 Å². The molecular formula is C20H32O4. The molecule has 4 heteroatoms. The molecule has 0 aromatic carbocycles. The van der Waals surface area contributed by atoms with E-state index in [1.165, 1.54) is 0 Å². The number of ether oxygens (including phenoxy) is 2. The van der Waals surface area contributed by atoms with Crippen LogP contribution in [0, 0.1) is 21.7 Å². The van der Waals surface area contributed by atoms with Gasteiger partial charge in [-0.1, -0.05) is 13.8 Å². The highest BCUT2D eigenvalue weighted by Crippen LogP contribution is 2.86. The van der Waals surface area contributed by atoms with Gasteiger partial charge in [-0.05, 0) is 78.1 Å². The lowest BCUT2D eigenvalue weighted by molar-refractivity contribution is -0.188. The minimum absolute atomic E-state index is 0.0147. The van der Waals surface area contributed by atoms with Crippen molar-refractivity contribution in [2.24, 2.45) is 21.7 Å². The minimum Gasteiger partial charge on any atom is -0.460 e. The Balaban J connectivity index is 2.03. The molecule has 136 valence electrons. The lowest BCUT2D eigenvalue weighted by Gasteiger charge is -2.39. The summed E-state index contributed by atoms with van der Waals surface area (Å²) in [7, 11) is 0. The average Bonchev–Trinajstić information content (AvgIpc) is 2.85. The third kappa shape index (κ3) is 2.10. The molecule has 0 aliphatic heterocycles. The summed E-state index contributed by atoms with van der Waals surface area (Å²) in [4.78, 5) is 26.4. The van der Waals surface area contributed by atoms with E-state index >= 15 is 0 Å². The zero-order valence-corrected chi connectivity index (χ0v) is 16.5. The van der Waals surface area contributed by atoms with Gasteiger partial charge >= 0.3 is 11.9 Å². The largest absolute Gasteiger partial charge is 0.460 e. The van der Waals surface area contributed by atoms with Crippen LogP contribution in [0.15, 0.2) is 0 Å². The molecule has 0 heterocycles. The maximum atomic E-state index is 13.2. The molecule has 0 atom stereocenters. The normalized spacial score (nSPS) is 43.3. The Morgan fingerprint density at radius 2 is 0.917 bits per heavy atom. The number of hydrogen-bond acceptors (Lipinski definition) is 4. The Kier molecular flexibility index (Phi) is 3.23. The smallest absolute Gasteiger partial charge is 0.313 e. The van der Waals surface area contributed by atoms with Crippen molar-refractivity contribution < 1.29 is 19.1 Å². The Morgan fingerprint density at radius 1 is 0.667 bits per heavy atom. The van der Waals surface area contributed by atoms with Crippen LogP contribution in [0.5, 0.6) is 0 Å². The van der Waals surface area contributed by atoms with Gasteiger partial charge < -0.3 is 9.47 Å². The van der Waals surface area contributed by atoms with Crippen LogP contribution in [-0.2, 0) is 19.1 Å². The van der Waals surface area contributed by atoms with Crippen molar-refractivity contribution in [1.82, 2.24) is 0 Å². The highest BCUT2D eigenvalue weighted by atomic mass is 16.6. The summed E-state index contributed by atoms with van der Waals surface area (Å²) in [6.07, 6.45) is 2.96. The van der Waals surface area contributed by atoms with Crippen LogP contribution in [0.25, 0.3) is 0 Å². The van der Waals surface area contributed by atoms with Gasteiger partial charge in [0.25, 0.3) is 0 Å². The zero-order valence-electron chi connectivity index (χ0n) is 16.5. The number of carbonyl (C=O) groups is 2. The van der Waals surface area contributed by atoms with Crippen LogP contribution in [0.4, 0.5) is 0 Å². The first kappa shape index (κ1) is 17.8. The van der Waals surface area contributed by atoms with Crippen LogP contribution < -0.4 is 0 Å². The second kappa shape index (κ2) is 4.37. The number of hydrogen-bond donors (Lipinski definition) is 0. The second-order valence-electron chi connectivity index (χ2n) is 11.0. The van der Waals surface area contributed by atoms with Crippen molar-refractivity contribution in [3.8, 4) is 0 Å². The van der Waals surface area contributed by atoms with E-state index < -0.39 is 22.0 Å². The van der Waals surface area contributed by atoms with Crippen LogP contribution in [0.3, 0.4) is 0 Å². The monoisotopic (exact) mass is 336 g/mol. The van der Waals surface area contributed by atoms with E-state index in [1.807, 2.05) is 41.5 Å². The van der Waals surface area contributed by atoms with Gasteiger partial charge in [-0.15, -0.1) is 0 Å². The van der Waals surface area contributed by atoms with E-state index in [0.29, 0.717) is 0 Å². The van der Waals surface area contributed by atoms with E-state index in [2.05, 4.69) is 13.8 Å². The van der Waals surface area contributed by atoms with Crippen molar-refractivity contribution in [1.29, 1.82) is 0 Å². The second-order valence-corrected chi connectivity index (χ2v) is 11.0. The average molecular weight is 336 g/mol. The molecule has 0 amide bonds. The van der Waals surface area contributed by atoms with Crippen molar-refractivity contribution in [2.45, 2.75) is 92.3 Å². The standard InChI is InChI=1S/C20H32O4/c1-15(2,3)23-13(21)19-9-17(7)11-20(19,12-18(17,8)10-19)14(22)24-16(4,5)6/h9-12H2,1-8H3. The van der Waals surface area contributed by atoms with Crippen LogP contribution in [0.2, 0.25) is 0 Å². The highest BCUT2D eigenvalue weighted by molar-refractivity contribution is 5.92. The molecule has 0 unspecified atom stereocenters. The molecule has 4 bridgehead atoms. The molecule has 4 aliphatic carbocycles. The fourth-order valence-corrected chi connectivity index (χ4v) is 5.88. The first-order chi connectivity index (χ1) is 10.6. The molecule has 0 spiro atoms. The first-order valence-electron chi connectivity index (χ1n) is 9.05. The van der Waals surface area contributed by atoms with Crippen molar-refractivity contribution in [3.63, 3.8) is 0 Å². The van der Waals surface area contributed by atoms with Gasteiger partial charge in [-0.2, -0.15) is 0 Å². The Hall–Kier alpha value is -1.06. The Bertz CT molecular complexity index is 536. The summed E-state index contributed by atoms with van der Waals surface area (Å²) in [5, 5.41) is 0. The summed E-state index contributed by atoms with van der Waals surface area (Å²) >= 11 is 0. The van der Waals surface area contributed by atoms with Crippen LogP contribution >= 0.6 is 0 Å². The number of esters is 2. The van der Waals surface area contributed by atoms with E-state index in [1.54, 1.807) is 0 Å². The lowest BCUT2D eigenvalue weighted by atomic mass is 9.67. The third-order valence-corrected chi connectivity index (χ3v) is 6.72. The van der Waals surface area contributed by atoms with E-state index in [0.717, 1.165) is 25.7 Å².